The van der Waals surface area contributed by atoms with Crippen molar-refractivity contribution in [3.63, 3.8) is 0 Å². The maximum atomic E-state index is 14.0. The van der Waals surface area contributed by atoms with Crippen molar-refractivity contribution in [3.05, 3.63) is 66.5 Å². The van der Waals surface area contributed by atoms with E-state index in [9.17, 15) is 14.4 Å². The zero-order valence-corrected chi connectivity index (χ0v) is 30.2. The van der Waals surface area contributed by atoms with E-state index in [-0.39, 0.29) is 23.8 Å². The lowest BCUT2D eigenvalue weighted by Crippen LogP contribution is -2.50. The van der Waals surface area contributed by atoms with Crippen LogP contribution in [0.15, 0.2) is 60.9 Å². The summed E-state index contributed by atoms with van der Waals surface area (Å²) in [5, 5.41) is 6.91. The Morgan fingerprint density at radius 1 is 0.880 bits per heavy atom. The van der Waals surface area contributed by atoms with Gasteiger partial charge in [-0.3, -0.25) is 14.7 Å². The minimum Gasteiger partial charge on any atom is -0.478 e. The summed E-state index contributed by atoms with van der Waals surface area (Å²) >= 11 is 0. The molecule has 1 atom stereocenters. The van der Waals surface area contributed by atoms with E-state index in [2.05, 4.69) is 50.3 Å². The molecule has 3 heterocycles. The molecule has 1 N–H and O–H groups in total. The van der Waals surface area contributed by atoms with Gasteiger partial charge in [0.15, 0.2) is 5.60 Å². The highest BCUT2D eigenvalue weighted by molar-refractivity contribution is 5.85. The fourth-order valence-corrected chi connectivity index (χ4v) is 6.92. The highest BCUT2D eigenvalue weighted by atomic mass is 16.6. The highest BCUT2D eigenvalue weighted by Crippen LogP contribution is 2.34. The summed E-state index contributed by atoms with van der Waals surface area (Å²) in [7, 11) is 0. The number of hydrogen-bond donors (Lipinski definition) is 1. The van der Waals surface area contributed by atoms with Gasteiger partial charge in [0.25, 0.3) is 5.91 Å². The molecule has 11 nitrogen and oxygen atoms in total. The predicted octanol–water partition coefficient (Wildman–Crippen LogP) is 6.11. The summed E-state index contributed by atoms with van der Waals surface area (Å²) in [4.78, 5) is 48.2. The first-order chi connectivity index (χ1) is 23.9. The minimum absolute atomic E-state index is 0.0829. The fourth-order valence-electron chi connectivity index (χ4n) is 6.92. The predicted molar refractivity (Wildman–Crippen MR) is 193 cm³/mol. The Kier molecular flexibility index (Phi) is 10.4. The van der Waals surface area contributed by atoms with E-state index in [1.807, 2.05) is 51.4 Å². The minimum atomic E-state index is -1.11. The van der Waals surface area contributed by atoms with Gasteiger partial charge in [-0.2, -0.15) is 5.10 Å². The van der Waals surface area contributed by atoms with Crippen molar-refractivity contribution in [2.45, 2.75) is 90.5 Å². The number of hydrogen-bond acceptors (Lipinski definition) is 7. The Bertz CT molecular complexity index is 1630. The summed E-state index contributed by atoms with van der Waals surface area (Å²) in [5.41, 5.74) is 2.58. The Balaban J connectivity index is 1.06. The number of aromatic amines is 1. The largest absolute Gasteiger partial charge is 0.478 e. The van der Waals surface area contributed by atoms with E-state index in [1.54, 1.807) is 23.6 Å². The maximum absolute atomic E-state index is 14.0. The molecule has 0 spiro atoms. The van der Waals surface area contributed by atoms with Crippen LogP contribution in [-0.2, 0) is 20.9 Å². The molecule has 2 aliphatic heterocycles. The lowest BCUT2D eigenvalue weighted by Gasteiger charge is -2.37. The van der Waals surface area contributed by atoms with Crippen molar-refractivity contribution in [3.8, 4) is 16.9 Å². The van der Waals surface area contributed by atoms with Crippen LogP contribution in [0.1, 0.15) is 72.3 Å². The molecule has 1 aromatic heterocycles. The summed E-state index contributed by atoms with van der Waals surface area (Å²) in [6.45, 7) is 13.2. The zero-order valence-electron chi connectivity index (χ0n) is 30.2. The number of nitrogens with one attached hydrogen (secondary N) is 1. The zero-order chi connectivity index (χ0) is 35.5. The van der Waals surface area contributed by atoms with Crippen molar-refractivity contribution < 1.29 is 23.9 Å². The van der Waals surface area contributed by atoms with Crippen molar-refractivity contribution in [1.29, 1.82) is 0 Å². The van der Waals surface area contributed by atoms with Gasteiger partial charge in [-0.05, 0) is 90.0 Å². The quantitative estimate of drug-likeness (QED) is 0.290. The molecule has 1 saturated carbocycles. The van der Waals surface area contributed by atoms with Gasteiger partial charge in [0.05, 0.1) is 12.1 Å². The number of benzene rings is 2. The van der Waals surface area contributed by atoms with Crippen LogP contribution in [0.5, 0.6) is 5.75 Å². The standard InChI is InChI=1S/C39H52N6O5/c1-38(2,3)50-37(48)43-20-8-19-42(21-22-43)36(47)39(4,5)49-34-11-6-10-33(23-34)44-18-7-9-30(27-44)35(46)45(32-16-17-32)26-28-12-14-29(15-13-28)31-24-40-41-25-31/h6,10-15,23-25,30,32H,7-9,16-22,26-27H2,1-5H3,(H,40,41)/t30-/m1/s1. The number of carbonyl (C=O) groups is 3. The number of anilines is 1. The van der Waals surface area contributed by atoms with E-state index in [0.29, 0.717) is 57.5 Å². The molecule has 0 radical (unpaired) electrons. The fraction of sp³-hybridized carbons (Fsp3) is 0.538. The topological polar surface area (TPSA) is 111 Å². The number of amides is 3. The highest BCUT2D eigenvalue weighted by Gasteiger charge is 2.38. The van der Waals surface area contributed by atoms with Crippen LogP contribution >= 0.6 is 0 Å². The lowest BCUT2D eigenvalue weighted by atomic mass is 9.95. The van der Waals surface area contributed by atoms with Crippen LogP contribution < -0.4 is 9.64 Å². The average Bonchev–Trinajstić information content (AvgIpc) is 3.84. The first kappa shape index (κ1) is 35.3. The Hall–Kier alpha value is -4.54. The first-order valence-electron chi connectivity index (χ1n) is 18.1. The van der Waals surface area contributed by atoms with Crippen LogP contribution in [0.4, 0.5) is 10.5 Å². The lowest BCUT2D eigenvalue weighted by molar-refractivity contribution is -0.145. The van der Waals surface area contributed by atoms with Crippen molar-refractivity contribution in [2.24, 2.45) is 5.92 Å². The van der Waals surface area contributed by atoms with Crippen molar-refractivity contribution in [2.75, 3.05) is 44.2 Å². The maximum Gasteiger partial charge on any atom is 0.410 e. The average molecular weight is 685 g/mol. The molecule has 268 valence electrons. The molecule has 1 aliphatic carbocycles. The Morgan fingerprint density at radius 2 is 1.62 bits per heavy atom. The summed E-state index contributed by atoms with van der Waals surface area (Å²) in [5.74, 6) is 0.644. The van der Waals surface area contributed by atoms with Crippen molar-refractivity contribution >= 4 is 23.6 Å². The molecule has 2 saturated heterocycles. The third kappa shape index (κ3) is 8.78. The molecular weight excluding hydrogens is 632 g/mol. The summed E-state index contributed by atoms with van der Waals surface area (Å²) in [6.07, 6.45) is 7.93. The van der Waals surface area contributed by atoms with Gasteiger partial charge in [0.1, 0.15) is 11.4 Å². The van der Waals surface area contributed by atoms with Gasteiger partial charge < -0.3 is 29.1 Å². The van der Waals surface area contributed by atoms with Crippen LogP contribution in [-0.4, -0.2) is 99.3 Å². The third-order valence-corrected chi connectivity index (χ3v) is 9.69. The molecular formula is C39H52N6O5. The van der Waals surface area contributed by atoms with E-state index in [1.165, 1.54) is 0 Å². The molecule has 3 aliphatic rings. The molecule has 11 heteroatoms. The number of H-pyrrole nitrogens is 1. The number of carbonyl (C=O) groups excluding carboxylic acids is 3. The van der Waals surface area contributed by atoms with Gasteiger partial charge in [-0.15, -0.1) is 0 Å². The first-order valence-corrected chi connectivity index (χ1v) is 18.1. The van der Waals surface area contributed by atoms with Crippen LogP contribution in [0.3, 0.4) is 0 Å². The van der Waals surface area contributed by atoms with E-state index < -0.39 is 11.2 Å². The number of nitrogens with zero attached hydrogens (tertiary/aromatic N) is 5. The molecule has 3 fully saturated rings. The third-order valence-electron chi connectivity index (χ3n) is 9.69. The molecule has 6 rings (SSSR count). The van der Waals surface area contributed by atoms with Gasteiger partial charge >= 0.3 is 6.09 Å². The SMILES string of the molecule is CC(C)(C)OC(=O)N1CCCN(C(=O)C(C)(C)Oc2cccc(N3CCC[C@@H](C(=O)N(Cc4ccc(-c5cn[nH]c5)cc4)C4CC4)C3)c2)CC1. The molecule has 2 aromatic carbocycles. The van der Waals surface area contributed by atoms with Gasteiger partial charge in [0.2, 0.25) is 5.91 Å². The van der Waals surface area contributed by atoms with Gasteiger partial charge in [-0.1, -0.05) is 30.3 Å². The van der Waals surface area contributed by atoms with Gasteiger partial charge in [-0.25, -0.2) is 4.79 Å². The second-order valence-electron chi connectivity index (χ2n) is 15.4. The smallest absolute Gasteiger partial charge is 0.410 e. The molecule has 3 amide bonds. The normalized spacial score (nSPS) is 18.7. The summed E-state index contributed by atoms with van der Waals surface area (Å²) in [6, 6.07) is 16.6. The van der Waals surface area contributed by atoms with Crippen molar-refractivity contribution in [1.82, 2.24) is 24.9 Å². The number of piperidine rings is 1. The number of ether oxygens (including phenoxy) is 2. The molecule has 3 aromatic rings. The van der Waals surface area contributed by atoms with E-state index in [0.717, 1.165) is 54.6 Å². The van der Waals surface area contributed by atoms with E-state index in [4.69, 9.17) is 9.47 Å². The Labute approximate surface area is 295 Å². The van der Waals surface area contributed by atoms with Gasteiger partial charge in [0, 0.05) is 75.4 Å². The second-order valence-corrected chi connectivity index (χ2v) is 15.4. The van der Waals surface area contributed by atoms with E-state index >= 15 is 0 Å². The molecule has 0 unspecified atom stereocenters. The summed E-state index contributed by atoms with van der Waals surface area (Å²) < 4.78 is 11.9. The van der Waals surface area contributed by atoms with Crippen LogP contribution in [0, 0.1) is 5.92 Å². The molecule has 0 bridgehead atoms. The number of aromatic nitrogens is 2. The molecule has 50 heavy (non-hydrogen) atoms. The second kappa shape index (κ2) is 14.7. The Morgan fingerprint density at radius 3 is 2.32 bits per heavy atom. The number of rotatable bonds is 9. The van der Waals surface area contributed by atoms with Crippen LogP contribution in [0.2, 0.25) is 0 Å². The monoisotopic (exact) mass is 684 g/mol. The van der Waals surface area contributed by atoms with Crippen LogP contribution in [0.25, 0.3) is 11.1 Å².